The van der Waals surface area contributed by atoms with Crippen LogP contribution >= 0.6 is 0 Å². The van der Waals surface area contributed by atoms with Crippen molar-refractivity contribution in [3.8, 4) is 11.8 Å². The highest BCUT2D eigenvalue weighted by molar-refractivity contribution is 5.73. The summed E-state index contributed by atoms with van der Waals surface area (Å²) in [6.07, 6.45) is 3.03. The molecule has 2 N–H and O–H groups in total. The van der Waals surface area contributed by atoms with Crippen LogP contribution in [-0.2, 0) is 4.79 Å². The van der Waals surface area contributed by atoms with Crippen LogP contribution in [0.5, 0.6) is 11.8 Å². The maximum absolute atomic E-state index is 11.5. The summed E-state index contributed by atoms with van der Waals surface area (Å²) >= 11 is 0. The van der Waals surface area contributed by atoms with Crippen molar-refractivity contribution in [2.45, 2.75) is 25.3 Å². The quantitative estimate of drug-likeness (QED) is 0.847. The minimum absolute atomic E-state index is 0.127. The summed E-state index contributed by atoms with van der Waals surface area (Å²) in [7, 11) is 3.03. The molecule has 21 heavy (non-hydrogen) atoms. The number of ether oxygens (including phenoxy) is 2. The molecule has 1 heterocycles. The second kappa shape index (κ2) is 5.38. The average Bonchev–Trinajstić information content (AvgIpc) is 3.07. The predicted octanol–water partition coefficient (Wildman–Crippen LogP) is 1.41. The number of rotatable bonds is 5. The summed E-state index contributed by atoms with van der Waals surface area (Å²) in [5.41, 5.74) is 0. The lowest BCUT2D eigenvalue weighted by molar-refractivity contribution is -0.143. The van der Waals surface area contributed by atoms with Crippen molar-refractivity contribution in [2.24, 2.45) is 17.8 Å². The third-order valence-electron chi connectivity index (χ3n) is 4.59. The van der Waals surface area contributed by atoms with Gasteiger partial charge in [0.25, 0.3) is 0 Å². The molecular weight excluding hydrogens is 274 g/mol. The van der Waals surface area contributed by atoms with Crippen molar-refractivity contribution >= 4 is 11.9 Å². The number of carboxylic acid groups (broad SMARTS) is 1. The summed E-state index contributed by atoms with van der Waals surface area (Å²) in [4.78, 5) is 20.0. The molecule has 0 aromatic carbocycles. The Kier molecular flexibility index (Phi) is 3.57. The Bertz CT molecular complexity index is 529. The van der Waals surface area contributed by atoms with Gasteiger partial charge in [0.1, 0.15) is 0 Å². The van der Waals surface area contributed by atoms with Crippen LogP contribution < -0.4 is 14.8 Å². The van der Waals surface area contributed by atoms with E-state index in [2.05, 4.69) is 15.3 Å². The van der Waals surface area contributed by atoms with Crippen LogP contribution in [-0.4, -0.2) is 41.3 Å². The maximum atomic E-state index is 11.5. The smallest absolute Gasteiger partial charge is 0.308 e. The molecule has 0 spiro atoms. The van der Waals surface area contributed by atoms with Crippen molar-refractivity contribution < 1.29 is 19.4 Å². The highest BCUT2D eigenvalue weighted by Gasteiger charge is 2.51. The molecule has 7 nitrogen and oxygen atoms in total. The molecule has 2 saturated carbocycles. The van der Waals surface area contributed by atoms with Gasteiger partial charge in [-0.05, 0) is 31.1 Å². The molecule has 114 valence electrons. The number of aliphatic carboxylic acids is 1. The summed E-state index contributed by atoms with van der Waals surface area (Å²) in [6, 6.07) is 1.46. The zero-order chi connectivity index (χ0) is 15.0. The number of carboxylic acids is 1. The van der Waals surface area contributed by atoms with Gasteiger partial charge in [-0.3, -0.25) is 4.79 Å². The lowest BCUT2D eigenvalue weighted by Crippen LogP contribution is -2.39. The molecule has 4 unspecified atom stereocenters. The normalized spacial score (nSPS) is 30.2. The fraction of sp³-hybridized carbons (Fsp3) is 0.643. The highest BCUT2D eigenvalue weighted by atomic mass is 16.5. The van der Waals surface area contributed by atoms with Crippen LogP contribution in [0.25, 0.3) is 0 Å². The van der Waals surface area contributed by atoms with E-state index in [0.29, 0.717) is 23.6 Å². The van der Waals surface area contributed by atoms with E-state index in [4.69, 9.17) is 9.47 Å². The summed E-state index contributed by atoms with van der Waals surface area (Å²) < 4.78 is 10.2. The van der Waals surface area contributed by atoms with Gasteiger partial charge in [-0.2, -0.15) is 9.97 Å². The van der Waals surface area contributed by atoms with Crippen molar-refractivity contribution in [3.63, 3.8) is 0 Å². The van der Waals surface area contributed by atoms with E-state index in [1.807, 2.05) is 0 Å². The van der Waals surface area contributed by atoms with E-state index in [0.717, 1.165) is 19.3 Å². The number of fused-ring (bicyclic) bond motifs is 2. The van der Waals surface area contributed by atoms with Crippen LogP contribution in [0.4, 0.5) is 5.95 Å². The molecule has 1 aromatic heterocycles. The van der Waals surface area contributed by atoms with Crippen molar-refractivity contribution in [1.29, 1.82) is 0 Å². The van der Waals surface area contributed by atoms with E-state index in [9.17, 15) is 9.90 Å². The third-order valence-corrected chi connectivity index (χ3v) is 4.59. The van der Waals surface area contributed by atoms with E-state index in [1.165, 1.54) is 14.2 Å². The van der Waals surface area contributed by atoms with Gasteiger partial charge < -0.3 is 19.9 Å². The largest absolute Gasteiger partial charge is 0.481 e. The first-order chi connectivity index (χ1) is 10.1. The predicted molar refractivity (Wildman–Crippen MR) is 74.5 cm³/mol. The highest BCUT2D eigenvalue weighted by Crippen LogP contribution is 2.49. The number of methoxy groups -OCH3 is 2. The van der Waals surface area contributed by atoms with Gasteiger partial charge in [0.15, 0.2) is 0 Å². The van der Waals surface area contributed by atoms with Gasteiger partial charge in [-0.25, -0.2) is 0 Å². The molecule has 1 aromatic rings. The number of hydrogen-bond donors (Lipinski definition) is 2. The first kappa shape index (κ1) is 13.9. The Morgan fingerprint density at radius 2 is 1.86 bits per heavy atom. The first-order valence-corrected chi connectivity index (χ1v) is 7.08. The van der Waals surface area contributed by atoms with Crippen LogP contribution in [0.3, 0.4) is 0 Å². The Labute approximate surface area is 122 Å². The number of hydrogen-bond acceptors (Lipinski definition) is 6. The van der Waals surface area contributed by atoms with Crippen LogP contribution in [0, 0.1) is 17.8 Å². The van der Waals surface area contributed by atoms with Crippen molar-refractivity contribution in [1.82, 2.24) is 9.97 Å². The van der Waals surface area contributed by atoms with Gasteiger partial charge in [0.2, 0.25) is 17.7 Å². The number of anilines is 1. The Morgan fingerprint density at radius 1 is 1.24 bits per heavy atom. The first-order valence-electron chi connectivity index (χ1n) is 7.08. The van der Waals surface area contributed by atoms with E-state index in [-0.39, 0.29) is 17.9 Å². The number of nitrogens with zero attached hydrogens (tertiary/aromatic N) is 2. The van der Waals surface area contributed by atoms with Crippen molar-refractivity contribution in [2.75, 3.05) is 19.5 Å². The topological polar surface area (TPSA) is 93.6 Å². The fourth-order valence-corrected chi connectivity index (χ4v) is 3.68. The van der Waals surface area contributed by atoms with Gasteiger partial charge in [0.05, 0.1) is 26.2 Å². The fourth-order valence-electron chi connectivity index (χ4n) is 3.68. The van der Waals surface area contributed by atoms with E-state index < -0.39 is 5.97 Å². The summed E-state index contributed by atoms with van der Waals surface area (Å²) in [6.45, 7) is 0. The van der Waals surface area contributed by atoms with Gasteiger partial charge in [0, 0.05) is 6.04 Å². The number of nitrogens with one attached hydrogen (secondary N) is 1. The second-order valence-electron chi connectivity index (χ2n) is 5.64. The Hall–Kier alpha value is -2.05. The van der Waals surface area contributed by atoms with Crippen molar-refractivity contribution in [3.05, 3.63) is 6.07 Å². The summed E-state index contributed by atoms with van der Waals surface area (Å²) in [5.74, 6) is 0.655. The molecule has 7 heteroatoms. The molecule has 2 fully saturated rings. The molecule has 2 aliphatic rings. The molecule has 0 radical (unpaired) electrons. The molecule has 0 aliphatic heterocycles. The Morgan fingerprint density at radius 3 is 2.43 bits per heavy atom. The number of carbonyl (C=O) groups is 1. The molecule has 2 bridgehead atoms. The molecule has 3 rings (SSSR count). The van der Waals surface area contributed by atoms with Crippen LogP contribution in [0.15, 0.2) is 6.07 Å². The zero-order valence-corrected chi connectivity index (χ0v) is 12.1. The lowest BCUT2D eigenvalue weighted by Gasteiger charge is -2.28. The molecule has 0 saturated heterocycles. The maximum Gasteiger partial charge on any atom is 0.308 e. The van der Waals surface area contributed by atoms with Crippen LogP contribution in [0.2, 0.25) is 0 Å². The van der Waals surface area contributed by atoms with Gasteiger partial charge in [-0.15, -0.1) is 0 Å². The second-order valence-corrected chi connectivity index (χ2v) is 5.64. The molecule has 4 atom stereocenters. The third kappa shape index (κ3) is 2.48. The van der Waals surface area contributed by atoms with Gasteiger partial charge in [-0.1, -0.05) is 0 Å². The molecular formula is C14H19N3O4. The minimum Gasteiger partial charge on any atom is -0.481 e. The monoisotopic (exact) mass is 293 g/mol. The zero-order valence-electron chi connectivity index (χ0n) is 12.1. The molecule has 0 amide bonds. The summed E-state index contributed by atoms with van der Waals surface area (Å²) in [5, 5.41) is 12.6. The SMILES string of the molecule is COc1cc(OC)nc(NC2C3CCC(C3)C2C(=O)O)n1. The Balaban J connectivity index is 1.84. The minimum atomic E-state index is -0.741. The van der Waals surface area contributed by atoms with Gasteiger partial charge >= 0.3 is 5.97 Å². The van der Waals surface area contributed by atoms with E-state index >= 15 is 0 Å². The average molecular weight is 293 g/mol. The number of aromatic nitrogens is 2. The standard InChI is InChI=1S/C14H19N3O4/c1-20-9-6-10(21-2)16-14(15-9)17-12-8-4-3-7(5-8)11(12)13(18)19/h6-8,11-12H,3-5H2,1-2H3,(H,18,19)(H,15,16,17). The van der Waals surface area contributed by atoms with E-state index in [1.54, 1.807) is 6.07 Å². The molecule has 2 aliphatic carbocycles. The van der Waals surface area contributed by atoms with Crippen LogP contribution in [0.1, 0.15) is 19.3 Å². The lowest BCUT2D eigenvalue weighted by atomic mass is 9.84.